The van der Waals surface area contributed by atoms with Crippen LogP contribution < -0.4 is 5.73 Å². The third kappa shape index (κ3) is 2.84. The van der Waals surface area contributed by atoms with Crippen LogP contribution in [0.1, 0.15) is 42.1 Å². The molecule has 1 aliphatic rings. The van der Waals surface area contributed by atoms with E-state index in [1.165, 1.54) is 48.2 Å². The van der Waals surface area contributed by atoms with E-state index in [1.54, 1.807) is 6.07 Å². The van der Waals surface area contributed by atoms with Crippen LogP contribution in [0.4, 0.5) is 4.39 Å². The number of nitrogens with two attached hydrogens (primary N) is 1. The van der Waals surface area contributed by atoms with Crippen molar-refractivity contribution in [2.75, 3.05) is 0 Å². The number of fused-ring (bicyclic) bond motifs is 1. The van der Waals surface area contributed by atoms with Crippen molar-refractivity contribution in [3.8, 4) is 0 Å². The molecule has 3 heteroatoms. The predicted molar refractivity (Wildman–Crippen MR) is 82.5 cm³/mol. The van der Waals surface area contributed by atoms with Crippen LogP contribution in [0, 0.1) is 5.82 Å². The van der Waals surface area contributed by atoms with E-state index in [4.69, 9.17) is 5.73 Å². The maximum atomic E-state index is 13.1. The van der Waals surface area contributed by atoms with Gasteiger partial charge in [-0.1, -0.05) is 25.1 Å². The molecule has 3 rings (SSSR count). The van der Waals surface area contributed by atoms with Gasteiger partial charge >= 0.3 is 0 Å². The van der Waals surface area contributed by atoms with E-state index in [-0.39, 0.29) is 5.82 Å². The number of benzene rings is 1. The van der Waals surface area contributed by atoms with Gasteiger partial charge in [-0.2, -0.15) is 0 Å². The molecule has 2 aromatic rings. The molecule has 0 amide bonds. The average molecular weight is 284 g/mol. The van der Waals surface area contributed by atoms with E-state index >= 15 is 0 Å². The lowest BCUT2D eigenvalue weighted by atomic mass is 9.85. The lowest BCUT2D eigenvalue weighted by molar-refractivity contribution is 0.410. The molecular weight excluding hydrogens is 263 g/mol. The second kappa shape index (κ2) is 5.57. The van der Waals surface area contributed by atoms with Gasteiger partial charge in [-0.05, 0) is 60.9 Å². The fourth-order valence-corrected chi connectivity index (χ4v) is 3.17. The quantitative estimate of drug-likeness (QED) is 0.933. The van der Waals surface area contributed by atoms with Crippen molar-refractivity contribution < 1.29 is 4.39 Å². The van der Waals surface area contributed by atoms with Crippen LogP contribution in [0.3, 0.4) is 0 Å². The zero-order valence-corrected chi connectivity index (χ0v) is 12.4. The maximum Gasteiger partial charge on any atom is 0.141 e. The van der Waals surface area contributed by atoms with Gasteiger partial charge in [0.05, 0.1) is 17.4 Å². The molecule has 2 nitrogen and oxygen atoms in total. The Morgan fingerprint density at radius 2 is 2.00 bits per heavy atom. The van der Waals surface area contributed by atoms with Gasteiger partial charge in [-0.3, -0.25) is 4.98 Å². The molecule has 0 fully saturated rings. The minimum atomic E-state index is -0.541. The van der Waals surface area contributed by atoms with E-state index in [2.05, 4.69) is 30.1 Å². The zero-order valence-electron chi connectivity index (χ0n) is 12.4. The Morgan fingerprint density at radius 3 is 2.71 bits per heavy atom. The molecule has 2 N–H and O–H groups in total. The molecule has 1 heterocycles. The molecule has 0 saturated carbocycles. The van der Waals surface area contributed by atoms with Crippen molar-refractivity contribution in [3.05, 3.63) is 64.7 Å². The highest BCUT2D eigenvalue weighted by Gasteiger charge is 2.27. The topological polar surface area (TPSA) is 38.9 Å². The Balaban J connectivity index is 1.88. The lowest BCUT2D eigenvalue weighted by Crippen LogP contribution is -2.39. The second-order valence-electron chi connectivity index (χ2n) is 6.00. The summed E-state index contributed by atoms with van der Waals surface area (Å²) < 4.78 is 13.1. The van der Waals surface area contributed by atoms with Gasteiger partial charge in [0, 0.05) is 0 Å². The maximum absolute atomic E-state index is 13.1. The van der Waals surface area contributed by atoms with Gasteiger partial charge in [0.2, 0.25) is 0 Å². The Hall–Kier alpha value is -1.74. The second-order valence-corrected chi connectivity index (χ2v) is 6.00. The molecule has 1 aromatic heterocycles. The highest BCUT2D eigenvalue weighted by atomic mass is 19.1. The van der Waals surface area contributed by atoms with Gasteiger partial charge in [-0.15, -0.1) is 0 Å². The van der Waals surface area contributed by atoms with Gasteiger partial charge in [0.15, 0.2) is 0 Å². The molecule has 1 aliphatic carbocycles. The van der Waals surface area contributed by atoms with Crippen LogP contribution in [-0.4, -0.2) is 4.98 Å². The first-order valence-electron chi connectivity index (χ1n) is 7.62. The summed E-state index contributed by atoms with van der Waals surface area (Å²) in [6, 6.07) is 9.81. The number of hydrogen-bond donors (Lipinski definition) is 1. The van der Waals surface area contributed by atoms with Crippen LogP contribution in [0.25, 0.3) is 0 Å². The largest absolute Gasteiger partial charge is 0.320 e. The van der Waals surface area contributed by atoms with E-state index in [0.717, 1.165) is 18.5 Å². The summed E-state index contributed by atoms with van der Waals surface area (Å²) in [5.41, 5.74) is 10.9. The molecule has 110 valence electrons. The number of rotatable bonds is 4. The van der Waals surface area contributed by atoms with Gasteiger partial charge in [-0.25, -0.2) is 4.39 Å². The monoisotopic (exact) mass is 284 g/mol. The molecule has 1 aromatic carbocycles. The molecule has 21 heavy (non-hydrogen) atoms. The summed E-state index contributed by atoms with van der Waals surface area (Å²) in [4.78, 5) is 4.19. The van der Waals surface area contributed by atoms with Gasteiger partial charge in [0.1, 0.15) is 5.82 Å². The summed E-state index contributed by atoms with van der Waals surface area (Å²) in [5.74, 6) is -0.324. The first kappa shape index (κ1) is 14.2. The van der Waals surface area contributed by atoms with Crippen molar-refractivity contribution in [1.82, 2.24) is 4.98 Å². The van der Waals surface area contributed by atoms with Gasteiger partial charge < -0.3 is 5.73 Å². The highest BCUT2D eigenvalue weighted by molar-refractivity contribution is 5.36. The fraction of sp³-hybridized carbons (Fsp3) is 0.389. The van der Waals surface area contributed by atoms with Crippen molar-refractivity contribution in [2.45, 2.75) is 44.6 Å². The zero-order chi connectivity index (χ0) is 14.9. The van der Waals surface area contributed by atoms with Crippen LogP contribution >= 0.6 is 0 Å². The minimum Gasteiger partial charge on any atom is -0.320 e. The number of halogens is 1. The van der Waals surface area contributed by atoms with Crippen LogP contribution in [0.15, 0.2) is 36.5 Å². The van der Waals surface area contributed by atoms with Crippen LogP contribution in [0.2, 0.25) is 0 Å². The van der Waals surface area contributed by atoms with Gasteiger partial charge in [0.25, 0.3) is 0 Å². The van der Waals surface area contributed by atoms with Crippen LogP contribution in [-0.2, 0) is 24.8 Å². The smallest absolute Gasteiger partial charge is 0.141 e. The third-order valence-corrected chi connectivity index (χ3v) is 4.55. The Labute approximate surface area is 125 Å². The standard InChI is InChI=1S/C18H21FN2/c1-2-18(20,17-9-8-16(19)12-21-17)11-13-6-7-14-4-3-5-15(14)10-13/h6-10,12H,2-5,11,20H2,1H3. The number of nitrogens with zero attached hydrogens (tertiary/aromatic N) is 1. The molecule has 0 saturated heterocycles. The number of pyridine rings is 1. The Bertz CT molecular complexity index is 636. The van der Waals surface area contributed by atoms with E-state index in [9.17, 15) is 4.39 Å². The molecule has 0 aliphatic heterocycles. The molecule has 1 atom stereocenters. The molecule has 0 bridgehead atoms. The average Bonchev–Trinajstić information content (AvgIpc) is 2.95. The summed E-state index contributed by atoms with van der Waals surface area (Å²) >= 11 is 0. The molecule has 1 unspecified atom stereocenters. The lowest BCUT2D eigenvalue weighted by Gasteiger charge is -2.28. The Kier molecular flexibility index (Phi) is 3.77. The Morgan fingerprint density at radius 1 is 1.19 bits per heavy atom. The summed E-state index contributed by atoms with van der Waals surface area (Å²) in [5, 5.41) is 0. The number of aryl methyl sites for hydroxylation is 2. The van der Waals surface area contributed by atoms with Crippen molar-refractivity contribution >= 4 is 0 Å². The fourth-order valence-electron chi connectivity index (χ4n) is 3.17. The van der Waals surface area contributed by atoms with E-state index in [0.29, 0.717) is 0 Å². The molecule has 0 radical (unpaired) electrons. The van der Waals surface area contributed by atoms with Crippen molar-refractivity contribution in [3.63, 3.8) is 0 Å². The molecular formula is C18H21FN2. The van der Waals surface area contributed by atoms with E-state index in [1.807, 2.05) is 0 Å². The summed E-state index contributed by atoms with van der Waals surface area (Å²) in [6.07, 6.45) is 6.35. The first-order valence-corrected chi connectivity index (χ1v) is 7.62. The number of aromatic nitrogens is 1. The van der Waals surface area contributed by atoms with Crippen molar-refractivity contribution in [2.24, 2.45) is 5.73 Å². The SMILES string of the molecule is CCC(N)(Cc1ccc2c(c1)CCC2)c1ccc(F)cn1. The first-order chi connectivity index (χ1) is 10.1. The molecule has 0 spiro atoms. The number of hydrogen-bond acceptors (Lipinski definition) is 2. The van der Waals surface area contributed by atoms with Crippen molar-refractivity contribution in [1.29, 1.82) is 0 Å². The van der Waals surface area contributed by atoms with E-state index < -0.39 is 5.54 Å². The minimum absolute atomic E-state index is 0.324. The highest BCUT2D eigenvalue weighted by Crippen LogP contribution is 2.28. The summed E-state index contributed by atoms with van der Waals surface area (Å²) in [6.45, 7) is 2.05. The normalized spacial score (nSPS) is 16.5. The predicted octanol–water partition coefficient (Wildman–Crippen LogP) is 3.52. The van der Waals surface area contributed by atoms with Crippen LogP contribution in [0.5, 0.6) is 0 Å². The summed E-state index contributed by atoms with van der Waals surface area (Å²) in [7, 11) is 0. The third-order valence-electron chi connectivity index (χ3n) is 4.55.